The molecule has 2 saturated carbocycles. The fraction of sp³-hybridized carbons (Fsp3) is 0.571. The molecule has 0 bridgehead atoms. The van der Waals surface area contributed by atoms with Crippen LogP contribution in [0.3, 0.4) is 0 Å². The second-order valence-electron chi connectivity index (χ2n) is 11.3. The van der Waals surface area contributed by atoms with Gasteiger partial charge in [-0.15, -0.1) is 0 Å². The zero-order valence-electron chi connectivity index (χ0n) is 21.6. The summed E-state index contributed by atoms with van der Waals surface area (Å²) in [6.07, 6.45) is 7.55. The summed E-state index contributed by atoms with van der Waals surface area (Å²) >= 11 is 0. The summed E-state index contributed by atoms with van der Waals surface area (Å²) in [5.41, 5.74) is -5.13. The second-order valence-corrected chi connectivity index (χ2v) is 11.3. The number of Topliss-reactive ketones (excluding diaryl/α,β-unsaturated/α-hetero) is 1. The normalized spacial score (nSPS) is 41.7. The Hall–Kier alpha value is -2.88. The largest absolute Gasteiger partial charge is 0.455 e. The number of carbonyl (C=O) groups excluding carboxylic acids is 4. The number of aliphatic hydroxyl groups excluding tert-OH is 1. The number of carbonyl (C=O) groups is 4. The first-order valence-electron chi connectivity index (χ1n) is 12.4. The third-order valence-electron chi connectivity index (χ3n) is 9.05. The zero-order chi connectivity index (χ0) is 27.6. The lowest BCUT2D eigenvalue weighted by Crippen LogP contribution is -2.66. The van der Waals surface area contributed by atoms with Crippen LogP contribution in [0.25, 0.3) is 0 Å². The molecule has 0 aromatic rings. The van der Waals surface area contributed by atoms with E-state index in [1.165, 1.54) is 25.2 Å². The Morgan fingerprint density at radius 1 is 1.16 bits per heavy atom. The highest BCUT2D eigenvalue weighted by Gasteiger charge is 2.87. The summed E-state index contributed by atoms with van der Waals surface area (Å²) < 4.78 is 11.8. The van der Waals surface area contributed by atoms with E-state index in [0.717, 1.165) is 6.08 Å². The maximum Gasteiger partial charge on any atom is 0.331 e. The summed E-state index contributed by atoms with van der Waals surface area (Å²) in [5.74, 6) is -5.10. The van der Waals surface area contributed by atoms with Crippen molar-refractivity contribution in [3.8, 4) is 0 Å². The van der Waals surface area contributed by atoms with Crippen LogP contribution in [0.1, 0.15) is 41.0 Å². The molecule has 0 radical (unpaired) electrons. The van der Waals surface area contributed by atoms with E-state index in [4.69, 9.17) is 9.47 Å². The van der Waals surface area contributed by atoms with E-state index in [-0.39, 0.29) is 6.42 Å². The molecule has 3 N–H and O–H groups in total. The summed E-state index contributed by atoms with van der Waals surface area (Å²) in [5, 5.41) is 34.3. The van der Waals surface area contributed by atoms with Gasteiger partial charge in [-0.25, -0.2) is 4.79 Å². The fourth-order valence-electron chi connectivity index (χ4n) is 7.47. The van der Waals surface area contributed by atoms with Gasteiger partial charge >= 0.3 is 11.9 Å². The lowest BCUT2D eigenvalue weighted by molar-refractivity contribution is -0.226. The van der Waals surface area contributed by atoms with Gasteiger partial charge in [0.25, 0.3) is 0 Å². The van der Waals surface area contributed by atoms with Crippen LogP contribution in [0.15, 0.2) is 47.6 Å². The zero-order valence-corrected chi connectivity index (χ0v) is 21.6. The van der Waals surface area contributed by atoms with Gasteiger partial charge in [-0.3, -0.25) is 14.4 Å². The summed E-state index contributed by atoms with van der Waals surface area (Å²) in [6.45, 7) is 7.77. The van der Waals surface area contributed by atoms with E-state index < -0.39 is 76.3 Å². The van der Waals surface area contributed by atoms with Crippen molar-refractivity contribution in [2.45, 2.75) is 63.9 Å². The molecule has 37 heavy (non-hydrogen) atoms. The SMILES string of the molecule is CC(=O)O[C@@]12[C@H](OC(=O)/C=C/C=C/C=O)[C@@H](C)[C@@]3(O)[C@@H](C=C(CO)C[C@]4(O)C(=O)C(C)=C[C@@H]34)[C@H]1C2(C)C. The molecule has 0 aliphatic heterocycles. The second kappa shape index (κ2) is 8.85. The van der Waals surface area contributed by atoms with E-state index >= 15 is 0 Å². The van der Waals surface area contributed by atoms with Gasteiger partial charge in [0.15, 0.2) is 11.4 Å². The van der Waals surface area contributed by atoms with Crippen LogP contribution in [-0.4, -0.2) is 68.8 Å². The monoisotopic (exact) mass is 514 g/mol. The van der Waals surface area contributed by atoms with Gasteiger partial charge in [0.1, 0.15) is 18.0 Å². The van der Waals surface area contributed by atoms with Crippen molar-refractivity contribution in [1.82, 2.24) is 0 Å². The van der Waals surface area contributed by atoms with Gasteiger partial charge < -0.3 is 24.8 Å². The number of esters is 2. The highest BCUT2D eigenvalue weighted by Crippen LogP contribution is 2.77. The molecule has 8 atom stereocenters. The molecule has 2 fully saturated rings. The third-order valence-corrected chi connectivity index (χ3v) is 9.05. The number of allylic oxidation sites excluding steroid dienone is 3. The summed E-state index contributed by atoms with van der Waals surface area (Å²) in [4.78, 5) is 48.8. The van der Waals surface area contributed by atoms with Gasteiger partial charge in [0, 0.05) is 48.5 Å². The number of ketones is 1. The topological polar surface area (TPSA) is 147 Å². The molecule has 0 amide bonds. The minimum absolute atomic E-state index is 0.156. The third kappa shape index (κ3) is 3.62. The highest BCUT2D eigenvalue weighted by atomic mass is 16.6. The smallest absolute Gasteiger partial charge is 0.331 e. The molecule has 0 unspecified atom stereocenters. The molecule has 4 aliphatic rings. The molecular formula is C28H34O9. The molecule has 9 heteroatoms. The Bertz CT molecular complexity index is 1160. The van der Waals surface area contributed by atoms with Crippen molar-refractivity contribution >= 4 is 24.0 Å². The van der Waals surface area contributed by atoms with Crippen molar-refractivity contribution in [3.63, 3.8) is 0 Å². The first kappa shape index (κ1) is 27.2. The van der Waals surface area contributed by atoms with Crippen molar-refractivity contribution in [2.75, 3.05) is 6.61 Å². The minimum Gasteiger partial charge on any atom is -0.455 e. The van der Waals surface area contributed by atoms with Crippen molar-refractivity contribution in [3.05, 3.63) is 47.6 Å². The first-order chi connectivity index (χ1) is 17.2. The number of fused-ring (bicyclic) bond motifs is 5. The van der Waals surface area contributed by atoms with Gasteiger partial charge in [-0.2, -0.15) is 0 Å². The molecule has 0 heterocycles. The van der Waals surface area contributed by atoms with E-state index in [2.05, 4.69) is 0 Å². The van der Waals surface area contributed by atoms with Crippen molar-refractivity contribution in [2.24, 2.45) is 29.1 Å². The number of hydrogen-bond donors (Lipinski definition) is 3. The van der Waals surface area contributed by atoms with Crippen LogP contribution in [0, 0.1) is 29.1 Å². The van der Waals surface area contributed by atoms with Crippen LogP contribution in [0.4, 0.5) is 0 Å². The van der Waals surface area contributed by atoms with Gasteiger partial charge in [0.05, 0.1) is 12.2 Å². The van der Waals surface area contributed by atoms with Gasteiger partial charge in [0.2, 0.25) is 0 Å². The van der Waals surface area contributed by atoms with Crippen LogP contribution < -0.4 is 0 Å². The van der Waals surface area contributed by atoms with Crippen molar-refractivity contribution < 1.29 is 44.0 Å². The quantitative estimate of drug-likeness (QED) is 0.157. The van der Waals surface area contributed by atoms with Crippen LogP contribution >= 0.6 is 0 Å². The molecular weight excluding hydrogens is 480 g/mol. The lowest BCUT2D eigenvalue weighted by atomic mass is 9.59. The number of aldehydes is 1. The number of ether oxygens (including phenoxy) is 2. The number of rotatable bonds is 6. The standard InChI is InChI=1S/C28H34O9/c1-15-11-20-26(34,23(15)33)13-18(14-30)12-19-22-25(4,5)28(22,37-17(3)31)24(16(2)27(19,20)35)36-21(32)9-7-6-8-10-29/h6-12,16,19-20,22,24,30,34-35H,13-14H2,1-5H3/b8-6+,9-7+/t16-,19+,20-,22+,24-,26-,27-,28-/m1/s1. The molecule has 0 aromatic heterocycles. The van der Waals surface area contributed by atoms with Crippen LogP contribution in [-0.2, 0) is 28.7 Å². The Morgan fingerprint density at radius 2 is 1.84 bits per heavy atom. The van der Waals surface area contributed by atoms with Gasteiger partial charge in [-0.05, 0) is 24.1 Å². The number of aliphatic hydroxyl groups is 3. The average molecular weight is 515 g/mol. The first-order valence-corrected chi connectivity index (χ1v) is 12.4. The molecule has 0 spiro atoms. The predicted octanol–water partition coefficient (Wildman–Crippen LogP) is 1.36. The molecule has 0 saturated heterocycles. The highest BCUT2D eigenvalue weighted by molar-refractivity contribution is 6.04. The van der Waals surface area contributed by atoms with E-state index in [1.54, 1.807) is 26.0 Å². The van der Waals surface area contributed by atoms with Crippen LogP contribution in [0.2, 0.25) is 0 Å². The molecule has 4 rings (SSSR count). The summed E-state index contributed by atoms with van der Waals surface area (Å²) in [7, 11) is 0. The molecule has 9 nitrogen and oxygen atoms in total. The maximum absolute atomic E-state index is 13.1. The molecule has 4 aliphatic carbocycles. The Labute approximate surface area is 215 Å². The lowest BCUT2D eigenvalue weighted by Gasteiger charge is -2.53. The minimum atomic E-state index is -1.98. The Morgan fingerprint density at radius 3 is 2.43 bits per heavy atom. The van der Waals surface area contributed by atoms with Crippen LogP contribution in [0.5, 0.6) is 0 Å². The number of hydrogen-bond acceptors (Lipinski definition) is 9. The maximum atomic E-state index is 13.1. The average Bonchev–Trinajstić information content (AvgIpc) is 3.24. The predicted molar refractivity (Wildman–Crippen MR) is 131 cm³/mol. The fourth-order valence-corrected chi connectivity index (χ4v) is 7.47. The molecule has 200 valence electrons. The van der Waals surface area contributed by atoms with Crippen molar-refractivity contribution in [1.29, 1.82) is 0 Å². The van der Waals surface area contributed by atoms with E-state index in [1.807, 2.05) is 13.8 Å². The van der Waals surface area contributed by atoms with E-state index in [0.29, 0.717) is 17.4 Å². The van der Waals surface area contributed by atoms with E-state index in [9.17, 15) is 34.5 Å². The Balaban J connectivity index is 1.89. The molecule has 0 aromatic carbocycles. The Kier molecular flexibility index (Phi) is 6.50. The van der Waals surface area contributed by atoms with Gasteiger partial charge in [-0.1, -0.05) is 45.1 Å². The summed E-state index contributed by atoms with van der Waals surface area (Å²) in [6, 6.07) is 0.